The van der Waals surface area contributed by atoms with Crippen molar-refractivity contribution in [1.82, 2.24) is 9.97 Å². The summed E-state index contributed by atoms with van der Waals surface area (Å²) in [7, 11) is 0. The number of pyridine rings is 1. The van der Waals surface area contributed by atoms with Gasteiger partial charge in [-0.2, -0.15) is 0 Å². The molecule has 5 rings (SSSR count). The second-order valence-electron chi connectivity index (χ2n) is 9.76. The molecule has 3 aromatic rings. The SMILES string of the molecule is C[C@@H]1C[C@H](N)C[C@H](c2ccncc2NC(=O)c2nc(-c3c(F)cc(C4(O)COC4)cc3F)sc2N)C1. The lowest BCUT2D eigenvalue weighted by Gasteiger charge is -2.36. The minimum atomic E-state index is -1.42. The number of ether oxygens (including phenoxy) is 1. The van der Waals surface area contributed by atoms with E-state index >= 15 is 0 Å². The maximum absolute atomic E-state index is 14.9. The van der Waals surface area contributed by atoms with E-state index < -0.39 is 28.7 Å². The third-order valence-corrected chi connectivity index (χ3v) is 7.77. The molecular weight excluding hydrogens is 488 g/mol. The van der Waals surface area contributed by atoms with Crippen LogP contribution in [-0.4, -0.2) is 40.2 Å². The topological polar surface area (TPSA) is 136 Å². The van der Waals surface area contributed by atoms with Crippen LogP contribution >= 0.6 is 11.3 Å². The third kappa shape index (κ3) is 4.59. The van der Waals surface area contributed by atoms with E-state index in [0.29, 0.717) is 11.6 Å². The number of halogens is 2. The molecule has 3 heterocycles. The van der Waals surface area contributed by atoms with Gasteiger partial charge in [0, 0.05) is 12.2 Å². The summed E-state index contributed by atoms with van der Waals surface area (Å²) in [5.41, 5.74) is 11.8. The van der Waals surface area contributed by atoms with Crippen LogP contribution in [0.5, 0.6) is 0 Å². The Morgan fingerprint density at radius 1 is 1.25 bits per heavy atom. The Labute approximate surface area is 210 Å². The molecule has 6 N–H and O–H groups in total. The van der Waals surface area contributed by atoms with Crippen LogP contribution in [0.3, 0.4) is 0 Å². The van der Waals surface area contributed by atoms with E-state index in [4.69, 9.17) is 16.2 Å². The van der Waals surface area contributed by atoms with E-state index in [1.54, 1.807) is 12.4 Å². The van der Waals surface area contributed by atoms with Crippen LogP contribution in [0.15, 0.2) is 30.6 Å². The standard InChI is InChI=1S/C25H27F2N5O3S/c1-12-4-13(6-15(28)5-12)16-2-3-30-9-19(16)31-23(33)21-22(29)36-24(32-21)20-17(26)7-14(8-18(20)27)25(34)10-35-11-25/h2-3,7-9,12-13,15,34H,4-6,10-11,28-29H2,1H3,(H,31,33)/t12-,13+,15-/m0/s1. The minimum Gasteiger partial charge on any atom is -0.389 e. The predicted molar refractivity (Wildman–Crippen MR) is 133 cm³/mol. The molecule has 8 nitrogen and oxygen atoms in total. The molecule has 190 valence electrons. The first-order valence-corrected chi connectivity index (χ1v) is 12.5. The van der Waals surface area contributed by atoms with Crippen LogP contribution in [0.1, 0.15) is 53.7 Å². The van der Waals surface area contributed by atoms with Gasteiger partial charge >= 0.3 is 0 Å². The number of hydrogen-bond acceptors (Lipinski definition) is 8. The van der Waals surface area contributed by atoms with Crippen LogP contribution in [0.2, 0.25) is 0 Å². The summed E-state index contributed by atoms with van der Waals surface area (Å²) in [4.78, 5) is 21.4. The molecule has 0 radical (unpaired) electrons. The van der Waals surface area contributed by atoms with E-state index in [1.807, 2.05) is 6.07 Å². The number of aliphatic hydroxyl groups is 1. The number of carbonyl (C=O) groups excluding carboxylic acids is 1. The Hall–Kier alpha value is -2.99. The summed E-state index contributed by atoms with van der Waals surface area (Å²) in [6.07, 6.45) is 5.94. The lowest BCUT2D eigenvalue weighted by molar-refractivity contribution is -0.184. The minimum absolute atomic E-state index is 0.0233. The first kappa shape index (κ1) is 24.7. The van der Waals surface area contributed by atoms with Crippen molar-refractivity contribution >= 4 is 27.9 Å². The zero-order valence-electron chi connectivity index (χ0n) is 19.6. The van der Waals surface area contributed by atoms with E-state index in [2.05, 4.69) is 22.2 Å². The van der Waals surface area contributed by atoms with Gasteiger partial charge in [0.15, 0.2) is 5.69 Å². The zero-order chi connectivity index (χ0) is 25.6. The molecule has 1 aliphatic heterocycles. The van der Waals surface area contributed by atoms with Crippen molar-refractivity contribution in [1.29, 1.82) is 0 Å². The fourth-order valence-electron chi connectivity index (χ4n) is 5.07. The number of thiazole rings is 1. The molecule has 1 saturated carbocycles. The van der Waals surface area contributed by atoms with Gasteiger partial charge in [-0.05, 0) is 60.4 Å². The van der Waals surface area contributed by atoms with Crippen molar-refractivity contribution in [2.45, 2.75) is 43.7 Å². The van der Waals surface area contributed by atoms with Gasteiger partial charge in [0.05, 0.1) is 30.7 Å². The van der Waals surface area contributed by atoms with E-state index in [-0.39, 0.29) is 46.4 Å². The maximum Gasteiger partial charge on any atom is 0.277 e. The molecule has 1 amide bonds. The number of rotatable bonds is 5. The number of nitrogen functional groups attached to an aromatic ring is 1. The lowest BCUT2D eigenvalue weighted by Crippen LogP contribution is -2.46. The van der Waals surface area contributed by atoms with Gasteiger partial charge < -0.3 is 26.6 Å². The Bertz CT molecular complexity index is 1280. The van der Waals surface area contributed by atoms with Crippen molar-refractivity contribution in [3.63, 3.8) is 0 Å². The molecule has 3 atom stereocenters. The Kier molecular flexibility index (Phi) is 6.50. The summed E-state index contributed by atoms with van der Waals surface area (Å²) >= 11 is 0.807. The van der Waals surface area contributed by atoms with Crippen LogP contribution in [0.25, 0.3) is 10.6 Å². The largest absolute Gasteiger partial charge is 0.389 e. The highest BCUT2D eigenvalue weighted by Crippen LogP contribution is 2.40. The average Bonchev–Trinajstić information content (AvgIpc) is 3.17. The van der Waals surface area contributed by atoms with Crippen molar-refractivity contribution in [3.05, 3.63) is 59.0 Å². The molecule has 1 aliphatic carbocycles. The number of carbonyl (C=O) groups is 1. The summed E-state index contributed by atoms with van der Waals surface area (Å²) in [5.74, 6) is -1.80. The number of nitrogens with one attached hydrogen (secondary N) is 1. The fourth-order valence-corrected chi connectivity index (χ4v) is 5.94. The number of hydrogen-bond donors (Lipinski definition) is 4. The number of nitrogens with zero attached hydrogens (tertiary/aromatic N) is 2. The van der Waals surface area contributed by atoms with Crippen LogP contribution < -0.4 is 16.8 Å². The number of aromatic nitrogens is 2. The van der Waals surface area contributed by atoms with E-state index in [1.165, 1.54) is 0 Å². The lowest BCUT2D eigenvalue weighted by atomic mass is 9.76. The first-order valence-electron chi connectivity index (χ1n) is 11.7. The number of benzene rings is 1. The van der Waals surface area contributed by atoms with Gasteiger partial charge in [-0.25, -0.2) is 13.8 Å². The van der Waals surface area contributed by atoms with Crippen molar-refractivity contribution in [2.75, 3.05) is 24.3 Å². The Morgan fingerprint density at radius 3 is 2.61 bits per heavy atom. The van der Waals surface area contributed by atoms with E-state index in [0.717, 1.165) is 48.3 Å². The molecule has 36 heavy (non-hydrogen) atoms. The molecule has 0 spiro atoms. The molecule has 2 aromatic heterocycles. The molecule has 1 saturated heterocycles. The third-order valence-electron chi connectivity index (χ3n) is 6.87. The highest BCUT2D eigenvalue weighted by atomic mass is 32.1. The molecule has 0 unspecified atom stereocenters. The number of nitrogens with two attached hydrogens (primary N) is 2. The Morgan fingerprint density at radius 2 is 1.97 bits per heavy atom. The number of amides is 1. The fraction of sp³-hybridized carbons (Fsp3) is 0.400. The second kappa shape index (κ2) is 9.47. The monoisotopic (exact) mass is 515 g/mol. The van der Waals surface area contributed by atoms with Gasteiger partial charge in [0.25, 0.3) is 5.91 Å². The smallest absolute Gasteiger partial charge is 0.277 e. The summed E-state index contributed by atoms with van der Waals surface area (Å²) in [6, 6.07) is 4.06. The van der Waals surface area contributed by atoms with Crippen molar-refractivity contribution in [2.24, 2.45) is 11.7 Å². The van der Waals surface area contributed by atoms with Crippen LogP contribution in [0.4, 0.5) is 19.5 Å². The normalized spacial score (nSPS) is 23.2. The highest BCUT2D eigenvalue weighted by molar-refractivity contribution is 7.19. The molecule has 0 bridgehead atoms. The van der Waals surface area contributed by atoms with Gasteiger partial charge in [-0.15, -0.1) is 0 Å². The van der Waals surface area contributed by atoms with Crippen LogP contribution in [0, 0.1) is 17.6 Å². The molecule has 1 aromatic carbocycles. The number of anilines is 2. The zero-order valence-corrected chi connectivity index (χ0v) is 20.4. The van der Waals surface area contributed by atoms with Gasteiger partial charge in [-0.3, -0.25) is 9.78 Å². The van der Waals surface area contributed by atoms with Gasteiger partial charge in [-0.1, -0.05) is 18.3 Å². The van der Waals surface area contributed by atoms with Crippen molar-refractivity contribution in [3.8, 4) is 10.6 Å². The maximum atomic E-state index is 14.9. The summed E-state index contributed by atoms with van der Waals surface area (Å²) < 4.78 is 34.8. The van der Waals surface area contributed by atoms with Gasteiger partial charge in [0.2, 0.25) is 0 Å². The summed E-state index contributed by atoms with van der Waals surface area (Å²) in [5, 5.41) is 13.1. The van der Waals surface area contributed by atoms with Crippen LogP contribution in [-0.2, 0) is 10.3 Å². The first-order chi connectivity index (χ1) is 17.1. The predicted octanol–water partition coefficient (Wildman–Crippen LogP) is 3.77. The van der Waals surface area contributed by atoms with E-state index in [9.17, 15) is 18.7 Å². The van der Waals surface area contributed by atoms with Crippen molar-refractivity contribution < 1.29 is 23.4 Å². The molecular formula is C25H27F2N5O3S. The summed E-state index contributed by atoms with van der Waals surface area (Å²) in [6.45, 7) is 2.08. The quantitative estimate of drug-likeness (QED) is 0.406. The Balaban J connectivity index is 1.41. The molecule has 11 heteroatoms. The molecule has 2 aliphatic rings. The molecule has 2 fully saturated rings. The van der Waals surface area contributed by atoms with Gasteiger partial charge in [0.1, 0.15) is 27.2 Å². The highest BCUT2D eigenvalue weighted by Gasteiger charge is 2.39. The second-order valence-corrected chi connectivity index (χ2v) is 10.8. The average molecular weight is 516 g/mol.